The minimum absolute atomic E-state index is 0.0853. The van der Waals surface area contributed by atoms with Gasteiger partial charge in [0.25, 0.3) is 0 Å². The van der Waals surface area contributed by atoms with E-state index >= 15 is 0 Å². The Labute approximate surface area is 136 Å². The van der Waals surface area contributed by atoms with Crippen LogP contribution in [0.4, 0.5) is 5.69 Å². The van der Waals surface area contributed by atoms with Gasteiger partial charge in [-0.15, -0.1) is 0 Å². The van der Waals surface area contributed by atoms with E-state index in [1.807, 2.05) is 18.2 Å². The third-order valence-corrected chi connectivity index (χ3v) is 4.02. The van der Waals surface area contributed by atoms with E-state index < -0.39 is 0 Å². The monoisotopic (exact) mass is 359 g/mol. The lowest BCUT2D eigenvalue weighted by molar-refractivity contribution is -0.116. The Morgan fingerprint density at radius 1 is 1.09 bits per heavy atom. The Hall–Kier alpha value is -2.14. The molecule has 0 fully saturated rings. The van der Waals surface area contributed by atoms with Gasteiger partial charge >= 0.3 is 0 Å². The molecule has 0 saturated carbocycles. The number of carbonyl (C=O) groups is 2. The van der Waals surface area contributed by atoms with Crippen LogP contribution in [0.2, 0.25) is 0 Å². The van der Waals surface area contributed by atoms with E-state index in [0.29, 0.717) is 35.7 Å². The third-order valence-electron chi connectivity index (χ3n) is 3.54. The van der Waals surface area contributed by atoms with Crippen LogP contribution in [0, 0.1) is 0 Å². The SMILES string of the molecule is O=C(c1ccccc1)c1cccc2c1N(C(=O)CBr)CCO2. The molecule has 1 amide bonds. The van der Waals surface area contributed by atoms with E-state index in [2.05, 4.69) is 15.9 Å². The normalized spacial score (nSPS) is 13.2. The largest absolute Gasteiger partial charge is 0.490 e. The Balaban J connectivity index is 2.10. The van der Waals surface area contributed by atoms with Crippen molar-refractivity contribution in [1.82, 2.24) is 0 Å². The third kappa shape index (κ3) is 2.64. The van der Waals surface area contributed by atoms with Crippen LogP contribution in [-0.2, 0) is 4.79 Å². The standard InChI is InChI=1S/C17H14BrNO3/c18-11-15(20)19-9-10-22-14-8-4-7-13(16(14)19)17(21)12-5-2-1-3-6-12/h1-8H,9-11H2. The van der Waals surface area contributed by atoms with Crippen molar-refractivity contribution in [3.05, 3.63) is 59.7 Å². The summed E-state index contributed by atoms with van der Waals surface area (Å²) in [6, 6.07) is 14.3. The Kier molecular flexibility index (Phi) is 4.24. The fraction of sp³-hybridized carbons (Fsp3) is 0.176. The van der Waals surface area contributed by atoms with Gasteiger partial charge in [0.15, 0.2) is 5.78 Å². The summed E-state index contributed by atoms with van der Waals surface area (Å²) < 4.78 is 5.61. The molecule has 0 N–H and O–H groups in total. The molecule has 5 heteroatoms. The molecule has 0 bridgehead atoms. The molecule has 0 unspecified atom stereocenters. The van der Waals surface area contributed by atoms with Gasteiger partial charge in [-0.05, 0) is 12.1 Å². The second-order valence-corrected chi connectivity index (χ2v) is 5.44. The summed E-state index contributed by atoms with van der Waals surface area (Å²) >= 11 is 3.19. The van der Waals surface area contributed by atoms with Gasteiger partial charge in [0.1, 0.15) is 12.4 Å². The number of para-hydroxylation sites is 1. The highest BCUT2D eigenvalue weighted by molar-refractivity contribution is 9.09. The zero-order valence-electron chi connectivity index (χ0n) is 11.8. The van der Waals surface area contributed by atoms with Crippen molar-refractivity contribution in [2.75, 3.05) is 23.4 Å². The van der Waals surface area contributed by atoms with Crippen LogP contribution in [0.5, 0.6) is 5.75 Å². The van der Waals surface area contributed by atoms with Crippen molar-refractivity contribution in [2.45, 2.75) is 0 Å². The maximum absolute atomic E-state index is 12.8. The van der Waals surface area contributed by atoms with Crippen molar-refractivity contribution < 1.29 is 14.3 Å². The number of amides is 1. The fourth-order valence-corrected chi connectivity index (χ4v) is 2.83. The van der Waals surface area contributed by atoms with Crippen LogP contribution in [0.15, 0.2) is 48.5 Å². The minimum Gasteiger partial charge on any atom is -0.490 e. The molecular weight excluding hydrogens is 346 g/mol. The molecule has 0 aliphatic carbocycles. The summed E-state index contributed by atoms with van der Waals surface area (Å²) in [5.74, 6) is 0.371. The Morgan fingerprint density at radius 3 is 2.59 bits per heavy atom. The molecule has 1 aliphatic rings. The number of benzene rings is 2. The van der Waals surface area contributed by atoms with Crippen molar-refractivity contribution in [3.63, 3.8) is 0 Å². The molecule has 0 atom stereocenters. The number of fused-ring (bicyclic) bond motifs is 1. The van der Waals surface area contributed by atoms with E-state index in [-0.39, 0.29) is 17.0 Å². The number of nitrogens with zero attached hydrogens (tertiary/aromatic N) is 1. The number of ketones is 1. The zero-order valence-corrected chi connectivity index (χ0v) is 13.4. The van der Waals surface area contributed by atoms with Gasteiger partial charge in [-0.3, -0.25) is 9.59 Å². The second kappa shape index (κ2) is 6.32. The Bertz CT molecular complexity index is 715. The highest BCUT2D eigenvalue weighted by atomic mass is 79.9. The maximum atomic E-state index is 12.8. The number of ether oxygens (including phenoxy) is 1. The van der Waals surface area contributed by atoms with Crippen LogP contribution < -0.4 is 9.64 Å². The number of hydrogen-bond donors (Lipinski definition) is 0. The summed E-state index contributed by atoms with van der Waals surface area (Å²) in [6.45, 7) is 0.866. The molecule has 4 nitrogen and oxygen atoms in total. The highest BCUT2D eigenvalue weighted by Gasteiger charge is 2.28. The highest BCUT2D eigenvalue weighted by Crippen LogP contribution is 2.36. The average Bonchev–Trinajstić information content (AvgIpc) is 2.60. The summed E-state index contributed by atoms with van der Waals surface area (Å²) in [6.07, 6.45) is 0. The lowest BCUT2D eigenvalue weighted by atomic mass is 10.00. The van der Waals surface area contributed by atoms with Crippen LogP contribution in [0.3, 0.4) is 0 Å². The van der Waals surface area contributed by atoms with E-state index in [1.54, 1.807) is 35.2 Å². The first-order valence-electron chi connectivity index (χ1n) is 6.94. The summed E-state index contributed by atoms with van der Waals surface area (Å²) in [5, 5.41) is 0.209. The summed E-state index contributed by atoms with van der Waals surface area (Å²) in [5.41, 5.74) is 1.64. The van der Waals surface area contributed by atoms with E-state index in [0.717, 1.165) is 0 Å². The molecule has 3 rings (SSSR count). The van der Waals surface area contributed by atoms with E-state index in [9.17, 15) is 9.59 Å². The smallest absolute Gasteiger partial charge is 0.237 e. The van der Waals surface area contributed by atoms with Crippen LogP contribution in [0.25, 0.3) is 0 Å². The predicted molar refractivity (Wildman–Crippen MR) is 88.0 cm³/mol. The van der Waals surface area contributed by atoms with E-state index in [1.165, 1.54) is 0 Å². The molecule has 2 aromatic rings. The number of alkyl halides is 1. The number of halogens is 1. The maximum Gasteiger partial charge on any atom is 0.237 e. The van der Waals surface area contributed by atoms with Crippen LogP contribution >= 0.6 is 15.9 Å². The lowest BCUT2D eigenvalue weighted by Crippen LogP contribution is -2.39. The number of rotatable bonds is 3. The van der Waals surface area contributed by atoms with Crippen molar-refractivity contribution in [1.29, 1.82) is 0 Å². The second-order valence-electron chi connectivity index (χ2n) is 4.87. The molecule has 0 radical (unpaired) electrons. The first-order chi connectivity index (χ1) is 10.7. The van der Waals surface area contributed by atoms with E-state index in [4.69, 9.17) is 4.74 Å². The van der Waals surface area contributed by atoms with Crippen LogP contribution in [-0.4, -0.2) is 30.2 Å². The van der Waals surface area contributed by atoms with Crippen LogP contribution in [0.1, 0.15) is 15.9 Å². The summed E-state index contributed by atoms with van der Waals surface area (Å²) in [7, 11) is 0. The van der Waals surface area contributed by atoms with Crippen molar-refractivity contribution in [2.24, 2.45) is 0 Å². The molecule has 1 heterocycles. The van der Waals surface area contributed by atoms with Crippen molar-refractivity contribution in [3.8, 4) is 5.75 Å². The first-order valence-corrected chi connectivity index (χ1v) is 8.06. The van der Waals surface area contributed by atoms with Gasteiger partial charge in [0.05, 0.1) is 23.1 Å². The number of hydrogen-bond acceptors (Lipinski definition) is 3. The molecule has 22 heavy (non-hydrogen) atoms. The van der Waals surface area contributed by atoms with Gasteiger partial charge in [-0.25, -0.2) is 0 Å². The minimum atomic E-state index is -0.115. The molecule has 112 valence electrons. The molecular formula is C17H14BrNO3. The first kappa shape index (κ1) is 14.8. The van der Waals surface area contributed by atoms with Gasteiger partial charge < -0.3 is 9.64 Å². The zero-order chi connectivity index (χ0) is 15.5. The van der Waals surface area contributed by atoms with Gasteiger partial charge in [0, 0.05) is 5.56 Å². The molecule has 0 aromatic heterocycles. The average molecular weight is 360 g/mol. The topological polar surface area (TPSA) is 46.6 Å². The predicted octanol–water partition coefficient (Wildman–Crippen LogP) is 3.04. The molecule has 2 aromatic carbocycles. The quantitative estimate of drug-likeness (QED) is 0.625. The Morgan fingerprint density at radius 2 is 1.86 bits per heavy atom. The van der Waals surface area contributed by atoms with Crippen molar-refractivity contribution >= 4 is 33.3 Å². The number of carbonyl (C=O) groups excluding carboxylic acids is 2. The summed E-state index contributed by atoms with van der Waals surface area (Å²) in [4.78, 5) is 26.5. The van der Waals surface area contributed by atoms with Gasteiger partial charge in [-0.1, -0.05) is 52.3 Å². The molecule has 1 aliphatic heterocycles. The molecule has 0 saturated heterocycles. The molecule has 0 spiro atoms. The van der Waals surface area contributed by atoms with Gasteiger partial charge in [-0.2, -0.15) is 0 Å². The number of anilines is 1. The van der Waals surface area contributed by atoms with Gasteiger partial charge in [0.2, 0.25) is 5.91 Å². The fourth-order valence-electron chi connectivity index (χ4n) is 2.53. The lowest BCUT2D eigenvalue weighted by Gasteiger charge is -2.30.